The molecule has 3 amide bonds. The number of hydrogen-bond donors (Lipinski definition) is 2. The van der Waals surface area contributed by atoms with Crippen LogP contribution in [0.2, 0.25) is 0 Å². The van der Waals surface area contributed by atoms with Crippen molar-refractivity contribution in [2.75, 3.05) is 0 Å². The molecule has 1 heterocycles. The van der Waals surface area contributed by atoms with Gasteiger partial charge in [0.15, 0.2) is 0 Å². The van der Waals surface area contributed by atoms with Crippen LogP contribution in [0.4, 0.5) is 4.79 Å². The summed E-state index contributed by atoms with van der Waals surface area (Å²) in [7, 11) is -4.12. The Morgan fingerprint density at radius 1 is 1.31 bits per heavy atom. The van der Waals surface area contributed by atoms with E-state index >= 15 is 0 Å². The van der Waals surface area contributed by atoms with Gasteiger partial charge < -0.3 is 0 Å². The zero-order valence-corrected chi connectivity index (χ0v) is 10.5. The van der Waals surface area contributed by atoms with E-state index in [2.05, 4.69) is 0 Å². The zero-order valence-electron chi connectivity index (χ0n) is 8.19. The maximum absolute atomic E-state index is 11.5. The van der Waals surface area contributed by atoms with Crippen molar-refractivity contribution in [2.24, 2.45) is 0 Å². The van der Waals surface area contributed by atoms with Crippen LogP contribution in [0, 0.1) is 0 Å². The van der Waals surface area contributed by atoms with Gasteiger partial charge in [-0.15, -0.1) is 9.07 Å². The second kappa shape index (κ2) is 4.00. The first-order chi connectivity index (χ1) is 7.13. The van der Waals surface area contributed by atoms with Crippen molar-refractivity contribution in [3.05, 3.63) is 0 Å². The molecule has 1 saturated heterocycles. The highest BCUT2D eigenvalue weighted by molar-refractivity contribution is 7.88. The molecule has 0 atom stereocenters. The average Bonchev–Trinajstić information content (AvgIpc) is 2.33. The Kier molecular flexibility index (Phi) is 3.37. The molecule has 1 rings (SSSR count). The monoisotopic (exact) mass is 290 g/mol. The van der Waals surface area contributed by atoms with Gasteiger partial charge in [0.05, 0.1) is 0 Å². The van der Waals surface area contributed by atoms with Crippen molar-refractivity contribution in [2.45, 2.75) is 19.4 Å². The minimum atomic E-state index is -4.12. The van der Waals surface area contributed by atoms with Gasteiger partial charge in [0.1, 0.15) is 5.54 Å². The molecule has 0 aromatic carbocycles. The maximum Gasteiger partial charge on any atom is 0.358 e. The van der Waals surface area contributed by atoms with Gasteiger partial charge in [-0.3, -0.25) is 4.79 Å². The van der Waals surface area contributed by atoms with Crippen molar-refractivity contribution in [1.29, 1.82) is 0 Å². The number of halogens is 2. The molecule has 1 aliphatic heterocycles. The Bertz CT molecular complexity index is 436. The third-order valence-corrected chi connectivity index (χ3v) is 3.47. The molecule has 0 aromatic rings. The number of amides is 3. The van der Waals surface area contributed by atoms with Crippen LogP contribution < -0.4 is 9.07 Å². The van der Waals surface area contributed by atoms with Crippen LogP contribution in [0.3, 0.4) is 0 Å². The average molecular weight is 291 g/mol. The van der Waals surface area contributed by atoms with E-state index in [1.807, 2.05) is 0 Å². The smallest absolute Gasteiger partial charge is 0.270 e. The van der Waals surface area contributed by atoms with E-state index in [-0.39, 0.29) is 4.42 Å². The lowest BCUT2D eigenvalue weighted by molar-refractivity contribution is -0.129. The standard InChI is InChI=1S/C5H8Cl2N4O4S/c1-5(2)3(12)10(7)4(13)11(5)9-16(14,15)8-6/h8-9H,1-2H3. The largest absolute Gasteiger partial charge is 0.358 e. The van der Waals surface area contributed by atoms with Gasteiger partial charge in [-0.1, -0.05) is 0 Å². The predicted octanol–water partition coefficient (Wildman–Crippen LogP) is -0.324. The number of nitrogens with one attached hydrogen (secondary N) is 2. The van der Waals surface area contributed by atoms with Crippen LogP contribution in [0.5, 0.6) is 0 Å². The first-order valence-corrected chi connectivity index (χ1v) is 6.08. The highest BCUT2D eigenvalue weighted by Gasteiger charge is 2.52. The van der Waals surface area contributed by atoms with Crippen molar-refractivity contribution in [3.8, 4) is 0 Å². The molecule has 0 aliphatic carbocycles. The van der Waals surface area contributed by atoms with E-state index in [4.69, 9.17) is 23.6 Å². The third kappa shape index (κ3) is 2.09. The number of carbonyl (C=O) groups excluding carboxylic acids is 2. The summed E-state index contributed by atoms with van der Waals surface area (Å²) in [5, 5.41) is 0.563. The summed E-state index contributed by atoms with van der Waals surface area (Å²) >= 11 is 10.3. The molecule has 1 aliphatic rings. The predicted molar refractivity (Wildman–Crippen MR) is 55.1 cm³/mol. The van der Waals surface area contributed by atoms with Gasteiger partial charge >= 0.3 is 16.2 Å². The normalized spacial score (nSPS) is 20.8. The lowest BCUT2D eigenvalue weighted by Gasteiger charge is -2.26. The van der Waals surface area contributed by atoms with Gasteiger partial charge in [0.2, 0.25) is 0 Å². The van der Waals surface area contributed by atoms with Gasteiger partial charge in [0.25, 0.3) is 5.91 Å². The van der Waals surface area contributed by atoms with Crippen LogP contribution in [-0.2, 0) is 15.0 Å². The lowest BCUT2D eigenvalue weighted by atomic mass is 10.1. The van der Waals surface area contributed by atoms with E-state index in [0.29, 0.717) is 5.01 Å². The van der Waals surface area contributed by atoms with Crippen LogP contribution in [0.25, 0.3) is 0 Å². The molecule has 0 aromatic heterocycles. The van der Waals surface area contributed by atoms with Gasteiger partial charge in [-0.25, -0.2) is 9.80 Å². The number of carbonyl (C=O) groups is 2. The molecule has 0 bridgehead atoms. The number of nitrogens with zero attached hydrogens (tertiary/aromatic N) is 2. The number of imide groups is 1. The summed E-state index contributed by atoms with van der Waals surface area (Å²) in [6.07, 6.45) is 0. The molecular formula is C5H8Cl2N4O4S. The first kappa shape index (κ1) is 13.5. The summed E-state index contributed by atoms with van der Waals surface area (Å²) in [5.74, 6) is -0.753. The Hall–Kier alpha value is -0.610. The van der Waals surface area contributed by atoms with Gasteiger partial charge in [-0.05, 0) is 25.6 Å². The van der Waals surface area contributed by atoms with Crippen molar-refractivity contribution in [1.82, 2.24) is 18.5 Å². The molecule has 2 N–H and O–H groups in total. The van der Waals surface area contributed by atoms with Crippen molar-refractivity contribution >= 4 is 45.7 Å². The number of urea groups is 1. The number of hydrazine groups is 1. The van der Waals surface area contributed by atoms with Crippen LogP contribution in [0.15, 0.2) is 0 Å². The SMILES string of the molecule is CC1(C)C(=O)N(Cl)C(=O)N1NS(=O)(=O)NCl. The lowest BCUT2D eigenvalue weighted by Crippen LogP contribution is -2.55. The fourth-order valence-corrected chi connectivity index (χ4v) is 2.01. The summed E-state index contributed by atoms with van der Waals surface area (Å²) in [5.41, 5.74) is -1.43. The number of hydrogen-bond acceptors (Lipinski definition) is 4. The quantitative estimate of drug-likeness (QED) is 0.549. The second-order valence-electron chi connectivity index (χ2n) is 3.43. The molecule has 0 radical (unpaired) electrons. The first-order valence-electron chi connectivity index (χ1n) is 3.88. The minimum absolute atomic E-state index is 0.288. The topological polar surface area (TPSA) is 98.8 Å². The van der Waals surface area contributed by atoms with Crippen LogP contribution in [-0.4, -0.2) is 35.3 Å². The fourth-order valence-electron chi connectivity index (χ4n) is 1.04. The van der Waals surface area contributed by atoms with E-state index in [9.17, 15) is 18.0 Å². The van der Waals surface area contributed by atoms with Crippen LogP contribution >= 0.6 is 23.6 Å². The van der Waals surface area contributed by atoms with Crippen molar-refractivity contribution in [3.63, 3.8) is 0 Å². The number of rotatable bonds is 3. The Balaban J connectivity index is 3.06. The van der Waals surface area contributed by atoms with Gasteiger partial charge in [-0.2, -0.15) is 12.8 Å². The van der Waals surface area contributed by atoms with E-state index < -0.39 is 27.7 Å². The fraction of sp³-hybridized carbons (Fsp3) is 0.600. The van der Waals surface area contributed by atoms with Gasteiger partial charge in [0, 0.05) is 11.8 Å². The Morgan fingerprint density at radius 2 is 1.81 bits per heavy atom. The molecule has 1 fully saturated rings. The summed E-state index contributed by atoms with van der Waals surface area (Å²) in [6, 6.07) is -1.01. The summed E-state index contributed by atoms with van der Waals surface area (Å²) < 4.78 is 23.9. The molecule has 0 spiro atoms. The van der Waals surface area contributed by atoms with E-state index in [1.165, 1.54) is 18.1 Å². The highest BCUT2D eigenvalue weighted by atomic mass is 35.5. The highest BCUT2D eigenvalue weighted by Crippen LogP contribution is 2.27. The molecule has 8 nitrogen and oxygen atoms in total. The molecule has 0 saturated carbocycles. The second-order valence-corrected chi connectivity index (χ2v) is 5.58. The summed E-state index contributed by atoms with van der Waals surface area (Å²) in [4.78, 5) is 24.7. The van der Waals surface area contributed by atoms with Crippen LogP contribution in [0.1, 0.15) is 13.8 Å². The Labute approximate surface area is 102 Å². The minimum Gasteiger partial charge on any atom is -0.270 e. The molecule has 11 heteroatoms. The molecule has 16 heavy (non-hydrogen) atoms. The molecule has 0 unspecified atom stereocenters. The van der Waals surface area contributed by atoms with E-state index in [0.717, 1.165) is 0 Å². The molecular weight excluding hydrogens is 283 g/mol. The van der Waals surface area contributed by atoms with Crippen molar-refractivity contribution < 1.29 is 18.0 Å². The third-order valence-electron chi connectivity index (χ3n) is 1.93. The Morgan fingerprint density at radius 3 is 2.12 bits per heavy atom. The zero-order chi connectivity index (χ0) is 12.7. The molecule has 92 valence electrons. The maximum atomic E-state index is 11.5. The van der Waals surface area contributed by atoms with E-state index in [1.54, 1.807) is 4.83 Å². The summed E-state index contributed by atoms with van der Waals surface area (Å²) in [6.45, 7) is 2.65.